The third kappa shape index (κ3) is 8.41. The van der Waals surface area contributed by atoms with Crippen molar-refractivity contribution < 1.29 is 9.18 Å². The van der Waals surface area contributed by atoms with E-state index in [4.69, 9.17) is 11.5 Å². The van der Waals surface area contributed by atoms with E-state index in [-0.39, 0.29) is 11.7 Å². The Kier molecular flexibility index (Phi) is 10.3. The van der Waals surface area contributed by atoms with E-state index in [2.05, 4.69) is 11.4 Å². The molecule has 0 saturated heterocycles. The van der Waals surface area contributed by atoms with Crippen molar-refractivity contribution in [2.24, 2.45) is 22.8 Å². The van der Waals surface area contributed by atoms with Gasteiger partial charge in [0.1, 0.15) is 17.5 Å². The summed E-state index contributed by atoms with van der Waals surface area (Å²) in [5.41, 5.74) is 15.6. The van der Waals surface area contributed by atoms with Gasteiger partial charge in [-0.25, -0.2) is 4.39 Å². The number of hydrogen-bond donors (Lipinski definition) is 3. The summed E-state index contributed by atoms with van der Waals surface area (Å²) < 4.78 is 14.2. The second-order valence-corrected chi connectivity index (χ2v) is 9.45. The van der Waals surface area contributed by atoms with Crippen LogP contribution in [0.4, 0.5) is 4.39 Å². The second-order valence-electron chi connectivity index (χ2n) is 9.45. The molecule has 2 rings (SSSR count). The van der Waals surface area contributed by atoms with Gasteiger partial charge in [0.05, 0.1) is 6.07 Å². The van der Waals surface area contributed by atoms with Crippen LogP contribution < -0.4 is 16.8 Å². The summed E-state index contributed by atoms with van der Waals surface area (Å²) in [6, 6.07) is 7.26. The summed E-state index contributed by atoms with van der Waals surface area (Å²) in [5.74, 6) is -0.116. The first-order chi connectivity index (χ1) is 16.6. The average molecular weight is 480 g/mol. The van der Waals surface area contributed by atoms with E-state index in [1.54, 1.807) is 0 Å². The zero-order valence-corrected chi connectivity index (χ0v) is 21.3. The van der Waals surface area contributed by atoms with E-state index >= 15 is 0 Å². The maximum absolute atomic E-state index is 14.2. The van der Waals surface area contributed by atoms with Crippen LogP contribution in [0.2, 0.25) is 0 Å². The predicted octanol–water partition coefficient (Wildman–Crippen LogP) is 4.37. The van der Waals surface area contributed by atoms with Crippen molar-refractivity contribution in [2.75, 3.05) is 20.1 Å². The summed E-state index contributed by atoms with van der Waals surface area (Å²) in [6.07, 6.45) is 10.5. The fraction of sp³-hybridized carbons (Fsp3) is 0.429. The van der Waals surface area contributed by atoms with Crippen molar-refractivity contribution in [3.8, 4) is 6.07 Å². The number of allylic oxidation sites excluding steroid dienone is 5. The molecule has 0 heterocycles. The normalized spacial score (nSPS) is 17.0. The molecule has 0 aromatic heterocycles. The van der Waals surface area contributed by atoms with E-state index in [0.717, 1.165) is 47.1 Å². The molecule has 1 unspecified atom stereocenters. The van der Waals surface area contributed by atoms with E-state index in [1.165, 1.54) is 18.3 Å². The maximum Gasteiger partial charge on any atom is 0.140 e. The van der Waals surface area contributed by atoms with Crippen LogP contribution in [0.1, 0.15) is 51.2 Å². The van der Waals surface area contributed by atoms with E-state index < -0.39 is 5.41 Å². The summed E-state index contributed by atoms with van der Waals surface area (Å²) in [4.78, 5) is 13.7. The van der Waals surface area contributed by atoms with Crippen molar-refractivity contribution in [3.05, 3.63) is 76.5 Å². The molecule has 1 saturated carbocycles. The second kappa shape index (κ2) is 12.9. The molecule has 1 aromatic carbocycles. The number of benzene rings is 1. The maximum atomic E-state index is 14.2. The number of nitrogens with two attached hydrogens (primary N) is 2. The van der Waals surface area contributed by atoms with Crippen LogP contribution in [0.5, 0.6) is 0 Å². The van der Waals surface area contributed by atoms with Gasteiger partial charge < -0.3 is 26.5 Å². The van der Waals surface area contributed by atoms with Crippen molar-refractivity contribution >= 4 is 11.9 Å². The van der Waals surface area contributed by atoms with Crippen LogP contribution in [-0.4, -0.2) is 31.3 Å². The third-order valence-corrected chi connectivity index (χ3v) is 6.31. The molecule has 1 aliphatic rings. The highest BCUT2D eigenvalue weighted by Gasteiger charge is 2.45. The quantitative estimate of drug-likeness (QED) is 0.220. The molecule has 1 aromatic rings. The number of carbonyl (C=O) groups excluding carboxylic acids is 1. The molecule has 0 amide bonds. The molecule has 5 N–H and O–H groups in total. The van der Waals surface area contributed by atoms with Crippen LogP contribution in [-0.2, 0) is 11.3 Å². The number of hydrogen-bond acceptors (Lipinski definition) is 6. The van der Waals surface area contributed by atoms with E-state index in [9.17, 15) is 14.4 Å². The topological polar surface area (TPSA) is 108 Å². The van der Waals surface area contributed by atoms with Gasteiger partial charge in [-0.1, -0.05) is 6.08 Å². The molecular formula is C28H38FN5O. The van der Waals surface area contributed by atoms with Gasteiger partial charge in [0.25, 0.3) is 0 Å². The molecule has 0 aliphatic heterocycles. The van der Waals surface area contributed by atoms with Gasteiger partial charge in [-0.15, -0.1) is 0 Å². The Labute approximate surface area is 208 Å². The van der Waals surface area contributed by atoms with Crippen molar-refractivity contribution in [1.82, 2.24) is 10.2 Å². The molecule has 1 atom stereocenters. The van der Waals surface area contributed by atoms with Gasteiger partial charge in [0.15, 0.2) is 0 Å². The van der Waals surface area contributed by atoms with Crippen LogP contribution in [0.25, 0.3) is 5.57 Å². The van der Waals surface area contributed by atoms with Gasteiger partial charge in [0.2, 0.25) is 0 Å². The average Bonchev–Trinajstić information content (AvgIpc) is 3.67. The van der Waals surface area contributed by atoms with Crippen LogP contribution >= 0.6 is 0 Å². The lowest BCUT2D eigenvalue weighted by Crippen LogP contribution is -2.30. The van der Waals surface area contributed by atoms with Crippen molar-refractivity contribution in [2.45, 2.75) is 46.6 Å². The van der Waals surface area contributed by atoms with Crippen molar-refractivity contribution in [1.29, 1.82) is 5.26 Å². The summed E-state index contributed by atoms with van der Waals surface area (Å²) in [7, 11) is 1.93. The highest BCUT2D eigenvalue weighted by molar-refractivity contribution is 5.67. The first kappa shape index (κ1) is 27.9. The minimum atomic E-state index is -0.904. The molecule has 1 fully saturated rings. The van der Waals surface area contributed by atoms with E-state index in [0.29, 0.717) is 31.8 Å². The van der Waals surface area contributed by atoms with Gasteiger partial charge in [-0.2, -0.15) is 5.26 Å². The highest BCUT2D eigenvalue weighted by atomic mass is 19.1. The number of rotatable bonds is 13. The Morgan fingerprint density at radius 3 is 2.57 bits per heavy atom. The smallest absolute Gasteiger partial charge is 0.140 e. The lowest BCUT2D eigenvalue weighted by molar-refractivity contribution is -0.115. The molecule has 1 aliphatic carbocycles. The van der Waals surface area contributed by atoms with Crippen molar-refractivity contribution in [3.63, 3.8) is 0 Å². The lowest BCUT2D eigenvalue weighted by Gasteiger charge is -2.26. The van der Waals surface area contributed by atoms with Crippen LogP contribution in [0, 0.1) is 28.5 Å². The summed E-state index contributed by atoms with van der Waals surface area (Å²) in [6.45, 7) is 7.24. The number of carbonyl (C=O) groups is 1. The largest absolute Gasteiger partial charge is 0.404 e. The first-order valence-electron chi connectivity index (χ1n) is 11.9. The third-order valence-electron chi connectivity index (χ3n) is 6.31. The fourth-order valence-corrected chi connectivity index (χ4v) is 4.02. The molecule has 0 bridgehead atoms. The van der Waals surface area contributed by atoms with Gasteiger partial charge >= 0.3 is 0 Å². The number of nitrogens with zero attached hydrogens (tertiary/aromatic N) is 2. The molecule has 0 radical (unpaired) electrons. The SMILES string of the molecule is C/C(N)=C/C(=C\CNCc1cc(F)cc(/C(C)=C/C(C)=C\N)c1)N(C)CCC(C#N)(C=O)C1CC1. The number of nitrogens with one attached hydrogen (secondary N) is 1. The highest BCUT2D eigenvalue weighted by Crippen LogP contribution is 2.46. The number of halogens is 1. The standard InChI is InChI=1S/C28H38FN5O/c1-20(16-30)11-21(2)24-13-23(14-26(29)15-24)17-33-9-7-27(12-22(3)32)34(4)10-8-28(18-31,19-35)25-5-6-25/h7,11-16,19,25,33H,5-6,8-10,17,30,32H2,1-4H3/b20-16-,21-11+,22-12-,27-7+. The van der Waals surface area contributed by atoms with Gasteiger partial charge in [0, 0.05) is 38.1 Å². The van der Waals surface area contributed by atoms with Crippen LogP contribution in [0.15, 0.2) is 59.6 Å². The molecule has 35 heavy (non-hydrogen) atoms. The molecule has 6 nitrogen and oxygen atoms in total. The Bertz CT molecular complexity index is 1060. The number of nitriles is 1. The summed E-state index contributed by atoms with van der Waals surface area (Å²) in [5, 5.41) is 12.9. The van der Waals surface area contributed by atoms with Gasteiger partial charge in [-0.3, -0.25) is 0 Å². The molecule has 7 heteroatoms. The Morgan fingerprint density at radius 1 is 1.29 bits per heavy atom. The monoisotopic (exact) mass is 479 g/mol. The molecule has 0 spiro atoms. The minimum Gasteiger partial charge on any atom is -0.404 e. The lowest BCUT2D eigenvalue weighted by atomic mass is 9.82. The summed E-state index contributed by atoms with van der Waals surface area (Å²) >= 11 is 0. The zero-order valence-electron chi connectivity index (χ0n) is 21.3. The predicted molar refractivity (Wildman–Crippen MR) is 140 cm³/mol. The fourth-order valence-electron chi connectivity index (χ4n) is 4.02. The molecular weight excluding hydrogens is 441 g/mol. The van der Waals surface area contributed by atoms with E-state index in [1.807, 2.05) is 57.0 Å². The Hall–Kier alpha value is -3.37. The molecule has 188 valence electrons. The Morgan fingerprint density at radius 2 is 2.00 bits per heavy atom. The Balaban J connectivity index is 2.05. The van der Waals surface area contributed by atoms with Crippen LogP contribution in [0.3, 0.4) is 0 Å². The minimum absolute atomic E-state index is 0.171. The van der Waals surface area contributed by atoms with Gasteiger partial charge in [-0.05, 0) is 105 Å². The number of aldehydes is 1. The first-order valence-corrected chi connectivity index (χ1v) is 11.9. The zero-order chi connectivity index (χ0) is 26.0. The number of likely N-dealkylation sites (N-methyl/N-ethyl adjacent to an activating group) is 1.